The third-order valence-electron chi connectivity index (χ3n) is 3.87. The first-order valence-electron chi connectivity index (χ1n) is 7.89. The summed E-state index contributed by atoms with van der Waals surface area (Å²) in [4.78, 5) is 13.8. The van der Waals surface area contributed by atoms with Gasteiger partial charge in [0.25, 0.3) is 5.91 Å². The van der Waals surface area contributed by atoms with Crippen LogP contribution in [0.5, 0.6) is 0 Å². The fraction of sp³-hybridized carbons (Fsp3) is 0. The molecular weight excluding hydrogens is 390 g/mol. The monoisotopic (exact) mass is 400 g/mol. The van der Waals surface area contributed by atoms with Crippen LogP contribution in [0.25, 0.3) is 16.7 Å². The van der Waals surface area contributed by atoms with Crippen LogP contribution in [0, 0.1) is 5.82 Å². The molecular formula is C19H11Cl2FN4O. The van der Waals surface area contributed by atoms with Crippen molar-refractivity contribution in [3.8, 4) is 5.69 Å². The molecule has 4 rings (SSSR count). The molecule has 1 aromatic heterocycles. The highest BCUT2D eigenvalue weighted by molar-refractivity contribution is 6.37. The second kappa shape index (κ2) is 6.98. The van der Waals surface area contributed by atoms with E-state index in [0.29, 0.717) is 33.0 Å². The Labute approximate surface area is 163 Å². The number of aromatic nitrogens is 3. The van der Waals surface area contributed by atoms with Crippen LogP contribution >= 0.6 is 23.2 Å². The summed E-state index contributed by atoms with van der Waals surface area (Å²) in [6.45, 7) is 0. The molecule has 3 aromatic carbocycles. The molecule has 5 nitrogen and oxygen atoms in total. The smallest absolute Gasteiger partial charge is 0.257 e. The van der Waals surface area contributed by atoms with Crippen molar-refractivity contribution in [3.05, 3.63) is 82.1 Å². The van der Waals surface area contributed by atoms with Gasteiger partial charge in [0.1, 0.15) is 16.9 Å². The van der Waals surface area contributed by atoms with Crippen LogP contribution in [0.4, 0.5) is 10.1 Å². The number of rotatable bonds is 3. The number of carbonyl (C=O) groups excluding carboxylic acids is 1. The van der Waals surface area contributed by atoms with E-state index in [2.05, 4.69) is 15.5 Å². The third kappa shape index (κ3) is 3.63. The van der Waals surface area contributed by atoms with Crippen LogP contribution in [-0.4, -0.2) is 20.9 Å². The Balaban J connectivity index is 1.61. The molecule has 0 aliphatic rings. The second-order valence-corrected chi connectivity index (χ2v) is 6.59. The van der Waals surface area contributed by atoms with Gasteiger partial charge in [-0.1, -0.05) is 23.2 Å². The van der Waals surface area contributed by atoms with Crippen LogP contribution in [0.2, 0.25) is 10.0 Å². The quantitative estimate of drug-likeness (QED) is 0.519. The summed E-state index contributed by atoms with van der Waals surface area (Å²) in [7, 11) is 0. The van der Waals surface area contributed by atoms with Crippen molar-refractivity contribution in [2.45, 2.75) is 0 Å². The Morgan fingerprint density at radius 2 is 1.67 bits per heavy atom. The summed E-state index contributed by atoms with van der Waals surface area (Å²) in [5.41, 5.74) is 2.72. The van der Waals surface area contributed by atoms with Crippen LogP contribution in [-0.2, 0) is 0 Å². The summed E-state index contributed by atoms with van der Waals surface area (Å²) in [6, 6.07) is 15.7. The zero-order chi connectivity index (χ0) is 19.0. The van der Waals surface area contributed by atoms with Gasteiger partial charge < -0.3 is 5.32 Å². The highest BCUT2D eigenvalue weighted by atomic mass is 35.5. The molecule has 4 aromatic rings. The lowest BCUT2D eigenvalue weighted by Crippen LogP contribution is -2.12. The maximum absolute atomic E-state index is 13.1. The molecule has 0 saturated carbocycles. The molecule has 27 heavy (non-hydrogen) atoms. The van der Waals surface area contributed by atoms with Gasteiger partial charge in [-0.25, -0.2) is 4.39 Å². The van der Waals surface area contributed by atoms with Crippen molar-refractivity contribution >= 4 is 45.8 Å². The number of benzene rings is 3. The van der Waals surface area contributed by atoms with Gasteiger partial charge in [0.05, 0.1) is 16.3 Å². The summed E-state index contributed by atoms with van der Waals surface area (Å²) in [6.07, 6.45) is 0. The van der Waals surface area contributed by atoms with E-state index < -0.39 is 0 Å². The van der Waals surface area contributed by atoms with E-state index in [4.69, 9.17) is 23.2 Å². The molecule has 1 N–H and O–H groups in total. The van der Waals surface area contributed by atoms with E-state index in [-0.39, 0.29) is 16.7 Å². The zero-order valence-corrected chi connectivity index (χ0v) is 15.2. The van der Waals surface area contributed by atoms with Gasteiger partial charge in [-0.15, -0.1) is 10.2 Å². The molecule has 0 unspecified atom stereocenters. The van der Waals surface area contributed by atoms with Crippen LogP contribution in [0.1, 0.15) is 10.4 Å². The average Bonchev–Trinajstić information content (AvgIpc) is 3.05. The predicted octanol–water partition coefficient (Wildman–Crippen LogP) is 5.12. The predicted molar refractivity (Wildman–Crippen MR) is 103 cm³/mol. The second-order valence-electron chi connectivity index (χ2n) is 5.75. The Kier molecular flexibility index (Phi) is 4.51. The number of fused-ring (bicyclic) bond motifs is 1. The van der Waals surface area contributed by atoms with E-state index in [1.54, 1.807) is 42.5 Å². The van der Waals surface area contributed by atoms with E-state index in [1.807, 2.05) is 0 Å². The summed E-state index contributed by atoms with van der Waals surface area (Å²) in [5.74, 6) is -0.691. The topological polar surface area (TPSA) is 59.8 Å². The maximum Gasteiger partial charge on any atom is 0.257 e. The standard InChI is InChI=1S/C19H11Cl2FN4O/c20-11-1-7-15(16(21)9-11)19(27)23-13-4-8-17-18(10-13)25-26(24-17)14-5-2-12(22)3-6-14/h1-10H,(H,23,27). The normalized spacial score (nSPS) is 10.9. The minimum atomic E-state index is -0.359. The highest BCUT2D eigenvalue weighted by Gasteiger charge is 2.12. The molecule has 0 radical (unpaired) electrons. The molecule has 0 spiro atoms. The van der Waals surface area contributed by atoms with Crippen LogP contribution < -0.4 is 5.32 Å². The fourth-order valence-corrected chi connectivity index (χ4v) is 3.05. The fourth-order valence-electron chi connectivity index (χ4n) is 2.55. The van der Waals surface area contributed by atoms with Crippen LogP contribution in [0.3, 0.4) is 0 Å². The number of hydrogen-bond acceptors (Lipinski definition) is 3. The van der Waals surface area contributed by atoms with Crippen molar-refractivity contribution in [3.63, 3.8) is 0 Å². The molecule has 0 fully saturated rings. The minimum absolute atomic E-state index is 0.267. The molecule has 0 bridgehead atoms. The van der Waals surface area contributed by atoms with Gasteiger partial charge in [-0.2, -0.15) is 4.80 Å². The molecule has 1 heterocycles. The first-order chi connectivity index (χ1) is 13.0. The van der Waals surface area contributed by atoms with Crippen molar-refractivity contribution in [2.75, 3.05) is 5.32 Å². The molecule has 0 saturated heterocycles. The lowest BCUT2D eigenvalue weighted by Gasteiger charge is -2.06. The summed E-state index contributed by atoms with van der Waals surface area (Å²) in [5, 5.41) is 12.2. The average molecular weight is 401 g/mol. The van der Waals surface area contributed by atoms with Gasteiger partial charge >= 0.3 is 0 Å². The molecule has 0 atom stereocenters. The van der Waals surface area contributed by atoms with Gasteiger partial charge in [0, 0.05) is 10.7 Å². The molecule has 134 valence electrons. The van der Waals surface area contributed by atoms with Gasteiger partial charge in [-0.05, 0) is 60.7 Å². The van der Waals surface area contributed by atoms with E-state index in [1.165, 1.54) is 23.0 Å². The number of carbonyl (C=O) groups is 1. The first-order valence-corrected chi connectivity index (χ1v) is 8.65. The largest absolute Gasteiger partial charge is 0.322 e. The van der Waals surface area contributed by atoms with Crippen molar-refractivity contribution < 1.29 is 9.18 Å². The van der Waals surface area contributed by atoms with Crippen molar-refractivity contribution in [1.82, 2.24) is 15.0 Å². The van der Waals surface area contributed by atoms with E-state index in [9.17, 15) is 9.18 Å². The number of anilines is 1. The number of hydrogen-bond donors (Lipinski definition) is 1. The third-order valence-corrected chi connectivity index (χ3v) is 4.42. The Bertz CT molecular complexity index is 1160. The minimum Gasteiger partial charge on any atom is -0.322 e. The number of nitrogens with one attached hydrogen (secondary N) is 1. The first kappa shape index (κ1) is 17.5. The SMILES string of the molecule is O=C(Nc1ccc2nn(-c3ccc(F)cc3)nc2c1)c1ccc(Cl)cc1Cl. The highest BCUT2D eigenvalue weighted by Crippen LogP contribution is 2.23. The summed E-state index contributed by atoms with van der Waals surface area (Å²) >= 11 is 11.9. The van der Waals surface area contributed by atoms with Crippen LogP contribution in [0.15, 0.2) is 60.7 Å². The Morgan fingerprint density at radius 1 is 0.926 bits per heavy atom. The maximum atomic E-state index is 13.1. The van der Waals surface area contributed by atoms with Gasteiger partial charge in [0.2, 0.25) is 0 Å². The molecule has 0 aliphatic heterocycles. The molecule has 0 aliphatic carbocycles. The number of halogens is 3. The van der Waals surface area contributed by atoms with E-state index >= 15 is 0 Å². The Morgan fingerprint density at radius 3 is 2.41 bits per heavy atom. The van der Waals surface area contributed by atoms with E-state index in [0.717, 1.165) is 0 Å². The lowest BCUT2D eigenvalue weighted by atomic mass is 10.2. The van der Waals surface area contributed by atoms with Crippen molar-refractivity contribution in [1.29, 1.82) is 0 Å². The van der Waals surface area contributed by atoms with Gasteiger partial charge in [-0.3, -0.25) is 4.79 Å². The Hall–Kier alpha value is -2.96. The summed E-state index contributed by atoms with van der Waals surface area (Å²) < 4.78 is 13.1. The lowest BCUT2D eigenvalue weighted by molar-refractivity contribution is 0.102. The number of nitrogens with zero attached hydrogens (tertiary/aromatic N) is 3. The molecule has 1 amide bonds. The molecule has 8 heteroatoms. The van der Waals surface area contributed by atoms with Gasteiger partial charge in [0.15, 0.2) is 0 Å². The van der Waals surface area contributed by atoms with Crippen molar-refractivity contribution in [2.24, 2.45) is 0 Å². The number of amides is 1. The zero-order valence-electron chi connectivity index (χ0n) is 13.7.